The predicted molar refractivity (Wildman–Crippen MR) is 79.9 cm³/mol. The maximum Gasteiger partial charge on any atom is 0.254 e. The molecule has 0 unspecified atom stereocenters. The largest absolute Gasteiger partial charge is 0.467 e. The Labute approximate surface area is 122 Å². The predicted octanol–water partition coefficient (Wildman–Crippen LogP) is 3.57. The lowest BCUT2D eigenvalue weighted by molar-refractivity contribution is 0.0717. The molecule has 2 aromatic heterocycles. The van der Waals surface area contributed by atoms with Crippen molar-refractivity contribution in [3.63, 3.8) is 0 Å². The molecule has 0 saturated heterocycles. The molecule has 0 spiro atoms. The number of aromatic nitrogens is 1. The minimum Gasteiger partial charge on any atom is -0.467 e. The number of fused-ring (bicyclic) bond motifs is 1. The van der Waals surface area contributed by atoms with Crippen molar-refractivity contribution < 1.29 is 9.21 Å². The van der Waals surface area contributed by atoms with Gasteiger partial charge in [-0.1, -0.05) is 6.07 Å². The lowest BCUT2D eigenvalue weighted by Crippen LogP contribution is -2.32. The fourth-order valence-electron chi connectivity index (χ4n) is 2.67. The zero-order chi connectivity index (χ0) is 14.2. The van der Waals surface area contributed by atoms with Crippen LogP contribution >= 0.6 is 0 Å². The number of carbonyl (C=O) groups excluding carboxylic acids is 1. The number of amides is 1. The molecule has 1 aliphatic rings. The van der Waals surface area contributed by atoms with Crippen LogP contribution in [0.1, 0.15) is 29.0 Å². The molecule has 21 heavy (non-hydrogen) atoms. The van der Waals surface area contributed by atoms with E-state index in [1.165, 1.54) is 0 Å². The summed E-state index contributed by atoms with van der Waals surface area (Å²) in [6.45, 7) is 0.541. The van der Waals surface area contributed by atoms with Crippen molar-refractivity contribution in [2.24, 2.45) is 0 Å². The van der Waals surface area contributed by atoms with Gasteiger partial charge in [0.15, 0.2) is 0 Å². The highest BCUT2D eigenvalue weighted by Gasteiger charge is 2.33. The third-order valence-electron chi connectivity index (χ3n) is 3.96. The topological polar surface area (TPSA) is 49.2 Å². The molecule has 3 aromatic rings. The van der Waals surface area contributed by atoms with Gasteiger partial charge in [0.2, 0.25) is 0 Å². The Kier molecular flexibility index (Phi) is 2.81. The highest BCUT2D eigenvalue weighted by atomic mass is 16.3. The lowest BCUT2D eigenvalue weighted by atomic mass is 10.1. The number of nitrogens with one attached hydrogen (secondary N) is 1. The van der Waals surface area contributed by atoms with Crippen LogP contribution in [0.2, 0.25) is 0 Å². The SMILES string of the molecule is O=C(c1ccc2cc[nH]c2c1)N(Cc1ccco1)C1CC1. The minimum absolute atomic E-state index is 0.0744. The summed E-state index contributed by atoms with van der Waals surface area (Å²) in [5.74, 6) is 0.904. The highest BCUT2D eigenvalue weighted by molar-refractivity contribution is 5.98. The molecule has 0 atom stereocenters. The molecule has 4 heteroatoms. The van der Waals surface area contributed by atoms with E-state index in [9.17, 15) is 4.79 Å². The van der Waals surface area contributed by atoms with Gasteiger partial charge in [-0.2, -0.15) is 0 Å². The Morgan fingerprint density at radius 1 is 1.29 bits per heavy atom. The van der Waals surface area contributed by atoms with Gasteiger partial charge < -0.3 is 14.3 Å². The first-order chi connectivity index (χ1) is 10.3. The van der Waals surface area contributed by atoms with Crippen LogP contribution in [0.25, 0.3) is 10.9 Å². The first-order valence-electron chi connectivity index (χ1n) is 7.22. The third kappa shape index (κ3) is 2.33. The maximum atomic E-state index is 12.8. The number of aromatic amines is 1. The molecule has 0 bridgehead atoms. The van der Waals surface area contributed by atoms with Gasteiger partial charge in [-0.05, 0) is 48.6 Å². The Hall–Kier alpha value is -2.49. The van der Waals surface area contributed by atoms with Gasteiger partial charge in [0, 0.05) is 23.3 Å². The van der Waals surface area contributed by atoms with Crippen LogP contribution in [0.4, 0.5) is 0 Å². The molecule has 0 aliphatic heterocycles. The average molecular weight is 280 g/mol. The van der Waals surface area contributed by atoms with Crippen LogP contribution in [0.5, 0.6) is 0 Å². The van der Waals surface area contributed by atoms with E-state index in [2.05, 4.69) is 4.98 Å². The molecule has 106 valence electrons. The van der Waals surface area contributed by atoms with Crippen molar-refractivity contribution in [2.45, 2.75) is 25.4 Å². The van der Waals surface area contributed by atoms with Crippen molar-refractivity contribution in [1.29, 1.82) is 0 Å². The third-order valence-corrected chi connectivity index (χ3v) is 3.96. The number of furan rings is 1. The van der Waals surface area contributed by atoms with E-state index in [0.29, 0.717) is 12.6 Å². The molecule has 1 N–H and O–H groups in total. The van der Waals surface area contributed by atoms with Crippen molar-refractivity contribution in [3.05, 3.63) is 60.2 Å². The summed E-state index contributed by atoms with van der Waals surface area (Å²) >= 11 is 0. The summed E-state index contributed by atoms with van der Waals surface area (Å²) in [4.78, 5) is 17.9. The quantitative estimate of drug-likeness (QED) is 0.794. The molecule has 1 amide bonds. The average Bonchev–Trinajstić information content (AvgIpc) is 3.02. The van der Waals surface area contributed by atoms with Crippen molar-refractivity contribution in [2.75, 3.05) is 0 Å². The second-order valence-corrected chi connectivity index (χ2v) is 5.52. The normalized spacial score (nSPS) is 14.5. The van der Waals surface area contributed by atoms with Crippen molar-refractivity contribution in [3.8, 4) is 0 Å². The fraction of sp³-hybridized carbons (Fsp3) is 0.235. The van der Waals surface area contributed by atoms with Gasteiger partial charge in [0.05, 0.1) is 12.8 Å². The summed E-state index contributed by atoms with van der Waals surface area (Å²) < 4.78 is 5.39. The molecule has 1 fully saturated rings. The van der Waals surface area contributed by atoms with E-state index in [1.54, 1.807) is 6.26 Å². The van der Waals surface area contributed by atoms with Gasteiger partial charge in [-0.15, -0.1) is 0 Å². The van der Waals surface area contributed by atoms with E-state index >= 15 is 0 Å². The molecular weight excluding hydrogens is 264 g/mol. The van der Waals surface area contributed by atoms with Crippen LogP contribution in [-0.2, 0) is 6.54 Å². The van der Waals surface area contributed by atoms with Gasteiger partial charge in [0.25, 0.3) is 5.91 Å². The zero-order valence-electron chi connectivity index (χ0n) is 11.6. The monoisotopic (exact) mass is 280 g/mol. The summed E-state index contributed by atoms with van der Waals surface area (Å²) in [5.41, 5.74) is 1.72. The number of benzene rings is 1. The molecule has 0 radical (unpaired) electrons. The smallest absolute Gasteiger partial charge is 0.254 e. The summed E-state index contributed by atoms with van der Waals surface area (Å²) in [7, 11) is 0. The highest BCUT2D eigenvalue weighted by Crippen LogP contribution is 2.30. The Bertz CT molecular complexity index is 769. The number of nitrogens with zero attached hydrogens (tertiary/aromatic N) is 1. The maximum absolute atomic E-state index is 12.8. The zero-order valence-corrected chi connectivity index (χ0v) is 11.6. The van der Waals surface area contributed by atoms with Crippen LogP contribution in [0.15, 0.2) is 53.3 Å². The van der Waals surface area contributed by atoms with Crippen LogP contribution in [-0.4, -0.2) is 21.8 Å². The second-order valence-electron chi connectivity index (χ2n) is 5.52. The Morgan fingerprint density at radius 2 is 2.19 bits per heavy atom. The first kappa shape index (κ1) is 12.3. The van der Waals surface area contributed by atoms with Crippen molar-refractivity contribution >= 4 is 16.8 Å². The minimum atomic E-state index is 0.0744. The number of hydrogen-bond donors (Lipinski definition) is 1. The Morgan fingerprint density at radius 3 is 2.95 bits per heavy atom. The first-order valence-corrected chi connectivity index (χ1v) is 7.22. The van der Waals surface area contributed by atoms with Gasteiger partial charge in [0.1, 0.15) is 5.76 Å². The molecule has 4 rings (SSSR count). The van der Waals surface area contributed by atoms with Crippen LogP contribution < -0.4 is 0 Å². The lowest BCUT2D eigenvalue weighted by Gasteiger charge is -2.21. The number of hydrogen-bond acceptors (Lipinski definition) is 2. The Balaban J connectivity index is 1.63. The summed E-state index contributed by atoms with van der Waals surface area (Å²) in [6.07, 6.45) is 5.70. The standard InChI is InChI=1S/C17H16N2O2/c20-17(13-4-3-12-7-8-18-16(12)10-13)19(14-5-6-14)11-15-2-1-9-21-15/h1-4,7-10,14,18H,5-6,11H2. The molecular formula is C17H16N2O2. The van der Waals surface area contributed by atoms with Crippen molar-refractivity contribution in [1.82, 2.24) is 9.88 Å². The number of H-pyrrole nitrogens is 1. The fourth-order valence-corrected chi connectivity index (χ4v) is 2.67. The van der Waals surface area contributed by atoms with E-state index in [-0.39, 0.29) is 5.91 Å². The van der Waals surface area contributed by atoms with Crippen LogP contribution in [0, 0.1) is 0 Å². The molecule has 1 aliphatic carbocycles. The number of rotatable bonds is 4. The molecule has 2 heterocycles. The van der Waals surface area contributed by atoms with E-state index in [1.807, 2.05) is 47.5 Å². The van der Waals surface area contributed by atoms with E-state index < -0.39 is 0 Å². The van der Waals surface area contributed by atoms with E-state index in [4.69, 9.17) is 4.42 Å². The molecule has 4 nitrogen and oxygen atoms in total. The number of carbonyl (C=O) groups is 1. The van der Waals surface area contributed by atoms with Gasteiger partial charge >= 0.3 is 0 Å². The molecule has 1 saturated carbocycles. The van der Waals surface area contributed by atoms with E-state index in [0.717, 1.165) is 35.1 Å². The second kappa shape index (κ2) is 4.81. The molecule has 1 aromatic carbocycles. The van der Waals surface area contributed by atoms with Gasteiger partial charge in [-0.25, -0.2) is 0 Å². The summed E-state index contributed by atoms with van der Waals surface area (Å²) in [6, 6.07) is 11.9. The van der Waals surface area contributed by atoms with Gasteiger partial charge in [-0.3, -0.25) is 4.79 Å². The van der Waals surface area contributed by atoms with Crippen LogP contribution in [0.3, 0.4) is 0 Å². The summed E-state index contributed by atoms with van der Waals surface area (Å²) in [5, 5.41) is 1.12.